The molecule has 0 unspecified atom stereocenters. The second kappa shape index (κ2) is 6.35. The van der Waals surface area contributed by atoms with E-state index in [1.54, 1.807) is 35.1 Å². The van der Waals surface area contributed by atoms with Crippen LogP contribution in [0, 0.1) is 0 Å². The van der Waals surface area contributed by atoms with E-state index in [0.29, 0.717) is 24.7 Å². The van der Waals surface area contributed by atoms with Crippen molar-refractivity contribution >= 4 is 11.9 Å². The van der Waals surface area contributed by atoms with Crippen molar-refractivity contribution in [2.75, 3.05) is 18.4 Å². The molecule has 7 nitrogen and oxygen atoms in total. The molecular formula is C18H18N6O. The lowest BCUT2D eigenvalue weighted by atomic mass is 10.1. The Labute approximate surface area is 145 Å². The van der Waals surface area contributed by atoms with Crippen molar-refractivity contribution in [3.8, 4) is 11.3 Å². The number of benzene rings is 1. The number of rotatable bonds is 4. The number of likely N-dealkylation sites (tertiary alicyclic amines) is 1. The minimum atomic E-state index is -0.00999. The molecule has 0 spiro atoms. The molecule has 0 aliphatic carbocycles. The van der Waals surface area contributed by atoms with Crippen molar-refractivity contribution in [3.05, 3.63) is 60.6 Å². The lowest BCUT2D eigenvalue weighted by Gasteiger charge is -2.39. The molecule has 1 N–H and O–H groups in total. The van der Waals surface area contributed by atoms with E-state index in [-0.39, 0.29) is 11.9 Å². The fourth-order valence-electron chi connectivity index (χ4n) is 2.87. The first-order valence-electron chi connectivity index (χ1n) is 8.13. The zero-order valence-electron chi connectivity index (χ0n) is 13.8. The molecule has 25 heavy (non-hydrogen) atoms. The molecule has 0 saturated carbocycles. The van der Waals surface area contributed by atoms with Crippen LogP contribution in [-0.2, 0) is 7.05 Å². The summed E-state index contributed by atoms with van der Waals surface area (Å²) in [6.45, 7) is 1.26. The summed E-state index contributed by atoms with van der Waals surface area (Å²) < 4.78 is 1.64. The van der Waals surface area contributed by atoms with Crippen molar-refractivity contribution in [2.45, 2.75) is 6.04 Å². The fraction of sp³-hybridized carbons (Fsp3) is 0.222. The van der Waals surface area contributed by atoms with Gasteiger partial charge in [-0.25, -0.2) is 9.97 Å². The number of aryl methyl sites for hydroxylation is 1. The molecule has 0 atom stereocenters. The highest BCUT2D eigenvalue weighted by atomic mass is 16.2. The van der Waals surface area contributed by atoms with Gasteiger partial charge in [-0.3, -0.25) is 9.48 Å². The number of anilines is 1. The minimum absolute atomic E-state index is 0.00999. The first-order valence-corrected chi connectivity index (χ1v) is 8.13. The summed E-state index contributed by atoms with van der Waals surface area (Å²) in [6.07, 6.45) is 3.38. The molecule has 0 radical (unpaired) electrons. The van der Waals surface area contributed by atoms with Gasteiger partial charge in [-0.15, -0.1) is 0 Å². The maximum absolute atomic E-state index is 12.7. The Morgan fingerprint density at radius 1 is 1.12 bits per heavy atom. The van der Waals surface area contributed by atoms with Crippen LogP contribution in [0.1, 0.15) is 10.5 Å². The van der Waals surface area contributed by atoms with Gasteiger partial charge in [0.1, 0.15) is 5.69 Å². The topological polar surface area (TPSA) is 75.9 Å². The summed E-state index contributed by atoms with van der Waals surface area (Å²) >= 11 is 0. The van der Waals surface area contributed by atoms with Gasteiger partial charge in [0, 0.05) is 38.1 Å². The van der Waals surface area contributed by atoms with Crippen LogP contribution in [0.25, 0.3) is 11.3 Å². The summed E-state index contributed by atoms with van der Waals surface area (Å²) in [4.78, 5) is 22.8. The Bertz CT molecular complexity index is 871. The predicted octanol–water partition coefficient (Wildman–Crippen LogP) is 1.81. The number of carbonyl (C=O) groups is 1. The van der Waals surface area contributed by atoms with Gasteiger partial charge in [-0.2, -0.15) is 5.10 Å². The third-order valence-electron chi connectivity index (χ3n) is 4.24. The third kappa shape index (κ3) is 3.08. The van der Waals surface area contributed by atoms with Crippen LogP contribution in [0.2, 0.25) is 0 Å². The molecule has 1 aliphatic heterocycles. The van der Waals surface area contributed by atoms with Crippen LogP contribution in [0.3, 0.4) is 0 Å². The highest BCUT2D eigenvalue weighted by Crippen LogP contribution is 2.21. The molecule has 2 aromatic heterocycles. The van der Waals surface area contributed by atoms with E-state index >= 15 is 0 Å². The van der Waals surface area contributed by atoms with Gasteiger partial charge in [0.05, 0.1) is 11.7 Å². The monoisotopic (exact) mass is 334 g/mol. The number of hydrogen-bond donors (Lipinski definition) is 1. The SMILES string of the molecule is Cn1nc(-c2ccccc2)cc1C(=O)N1CC(Nc2ncccn2)C1. The number of aromatic nitrogens is 4. The van der Waals surface area contributed by atoms with E-state index in [1.807, 2.05) is 36.4 Å². The molecule has 0 bridgehead atoms. The smallest absolute Gasteiger partial charge is 0.272 e. The number of nitrogens with one attached hydrogen (secondary N) is 1. The van der Waals surface area contributed by atoms with Gasteiger partial charge in [0.25, 0.3) is 5.91 Å². The van der Waals surface area contributed by atoms with Crippen molar-refractivity contribution < 1.29 is 4.79 Å². The Hall–Kier alpha value is -3.22. The molecule has 1 aliphatic rings. The summed E-state index contributed by atoms with van der Waals surface area (Å²) in [5, 5.41) is 7.68. The van der Waals surface area contributed by atoms with Crippen LogP contribution in [0.5, 0.6) is 0 Å². The number of carbonyl (C=O) groups excluding carboxylic acids is 1. The van der Waals surface area contributed by atoms with Crippen LogP contribution >= 0.6 is 0 Å². The van der Waals surface area contributed by atoms with Gasteiger partial charge in [0.2, 0.25) is 5.95 Å². The van der Waals surface area contributed by atoms with Gasteiger partial charge < -0.3 is 10.2 Å². The molecule has 1 fully saturated rings. The third-order valence-corrected chi connectivity index (χ3v) is 4.24. The highest BCUT2D eigenvalue weighted by molar-refractivity contribution is 5.94. The molecule has 1 amide bonds. The van der Waals surface area contributed by atoms with E-state index in [9.17, 15) is 4.79 Å². The van der Waals surface area contributed by atoms with Gasteiger partial charge in [-0.05, 0) is 12.1 Å². The first-order chi connectivity index (χ1) is 12.2. The molecule has 7 heteroatoms. The van der Waals surface area contributed by atoms with E-state index < -0.39 is 0 Å². The van der Waals surface area contributed by atoms with E-state index in [0.717, 1.165) is 11.3 Å². The second-order valence-electron chi connectivity index (χ2n) is 6.03. The zero-order valence-corrected chi connectivity index (χ0v) is 13.8. The summed E-state index contributed by atoms with van der Waals surface area (Å²) in [6, 6.07) is 13.6. The second-order valence-corrected chi connectivity index (χ2v) is 6.03. The van der Waals surface area contributed by atoms with Crippen LogP contribution in [0.15, 0.2) is 54.9 Å². The summed E-state index contributed by atoms with van der Waals surface area (Å²) in [5.74, 6) is 0.579. The molecule has 3 heterocycles. The normalized spacial score (nSPS) is 14.2. The first kappa shape index (κ1) is 15.3. The van der Waals surface area contributed by atoms with Crippen LogP contribution in [-0.4, -0.2) is 49.7 Å². The quantitative estimate of drug-likeness (QED) is 0.787. The summed E-state index contributed by atoms with van der Waals surface area (Å²) in [7, 11) is 1.80. The Balaban J connectivity index is 1.42. The largest absolute Gasteiger partial charge is 0.348 e. The fourth-order valence-corrected chi connectivity index (χ4v) is 2.87. The maximum atomic E-state index is 12.7. The van der Waals surface area contributed by atoms with Crippen molar-refractivity contribution in [3.63, 3.8) is 0 Å². The zero-order chi connectivity index (χ0) is 17.2. The molecule has 126 valence electrons. The Morgan fingerprint density at radius 2 is 1.84 bits per heavy atom. The average Bonchev–Trinajstić information content (AvgIpc) is 3.01. The van der Waals surface area contributed by atoms with Crippen LogP contribution in [0.4, 0.5) is 5.95 Å². The van der Waals surface area contributed by atoms with Crippen LogP contribution < -0.4 is 5.32 Å². The van der Waals surface area contributed by atoms with Crippen molar-refractivity contribution in [1.29, 1.82) is 0 Å². The Kier molecular flexibility index (Phi) is 3.89. The standard InChI is InChI=1S/C18H18N6O/c1-23-16(10-15(22-23)13-6-3-2-4-7-13)17(25)24-11-14(12-24)21-18-19-8-5-9-20-18/h2-10,14H,11-12H2,1H3,(H,19,20,21). The lowest BCUT2D eigenvalue weighted by molar-refractivity contribution is 0.0613. The molecule has 1 aromatic carbocycles. The minimum Gasteiger partial charge on any atom is -0.348 e. The maximum Gasteiger partial charge on any atom is 0.272 e. The Morgan fingerprint density at radius 3 is 2.56 bits per heavy atom. The molecular weight excluding hydrogens is 316 g/mol. The molecule has 4 rings (SSSR count). The van der Waals surface area contributed by atoms with Gasteiger partial charge in [-0.1, -0.05) is 30.3 Å². The van der Waals surface area contributed by atoms with Gasteiger partial charge >= 0.3 is 0 Å². The van der Waals surface area contributed by atoms with Gasteiger partial charge in [0.15, 0.2) is 0 Å². The predicted molar refractivity (Wildman–Crippen MR) is 94.0 cm³/mol. The number of nitrogens with zero attached hydrogens (tertiary/aromatic N) is 5. The average molecular weight is 334 g/mol. The van der Waals surface area contributed by atoms with Crippen molar-refractivity contribution in [1.82, 2.24) is 24.6 Å². The van der Waals surface area contributed by atoms with E-state index in [1.165, 1.54) is 0 Å². The summed E-state index contributed by atoms with van der Waals surface area (Å²) in [5.41, 5.74) is 2.40. The highest BCUT2D eigenvalue weighted by Gasteiger charge is 2.33. The van der Waals surface area contributed by atoms with Crippen molar-refractivity contribution in [2.24, 2.45) is 7.05 Å². The van der Waals surface area contributed by atoms with E-state index in [2.05, 4.69) is 20.4 Å². The number of amides is 1. The molecule has 1 saturated heterocycles. The lowest BCUT2D eigenvalue weighted by Crippen LogP contribution is -2.57. The molecule has 3 aromatic rings. The number of hydrogen-bond acceptors (Lipinski definition) is 5. The van der Waals surface area contributed by atoms with E-state index in [4.69, 9.17) is 0 Å².